The SMILES string of the molecule is C=Cc1c(C)/c2[nH]/c1=C\C1=NC(=C(CC)C1C)/C=C1\NC(C(C(=O)O)=C1C)/C(CC(=O)O)=C1N=C(\C=2)C(C)[C@@H]\1CCC(=O)O. The van der Waals surface area contributed by atoms with Gasteiger partial charge >= 0.3 is 17.9 Å². The Morgan fingerprint density at radius 2 is 1.68 bits per heavy atom. The van der Waals surface area contributed by atoms with Crippen LogP contribution in [0.2, 0.25) is 0 Å². The fraction of sp³-hybridized carbons (Fsp3) is 0.382. The Bertz CT molecular complexity index is 1810. The highest BCUT2D eigenvalue weighted by Crippen LogP contribution is 2.42. The number of rotatable bonds is 8. The maximum Gasteiger partial charge on any atom is 0.334 e. The van der Waals surface area contributed by atoms with Gasteiger partial charge in [0.25, 0.3) is 0 Å². The van der Waals surface area contributed by atoms with E-state index in [1.54, 1.807) is 13.0 Å². The molecule has 5 heterocycles. The van der Waals surface area contributed by atoms with Crippen LogP contribution >= 0.6 is 0 Å². The molecule has 1 aromatic heterocycles. The molecule has 0 aromatic carbocycles. The number of allylic oxidation sites excluding steroid dienone is 4. The van der Waals surface area contributed by atoms with Crippen molar-refractivity contribution in [3.8, 4) is 0 Å². The largest absolute Gasteiger partial charge is 0.481 e. The van der Waals surface area contributed by atoms with Crippen molar-refractivity contribution in [2.45, 2.75) is 66.3 Å². The van der Waals surface area contributed by atoms with Crippen molar-refractivity contribution in [2.24, 2.45) is 27.7 Å². The first-order chi connectivity index (χ1) is 20.9. The van der Waals surface area contributed by atoms with Gasteiger partial charge in [0, 0.05) is 57.5 Å². The summed E-state index contributed by atoms with van der Waals surface area (Å²) in [6.07, 6.45) is 7.97. The molecule has 1 aromatic rings. The van der Waals surface area contributed by atoms with E-state index < -0.39 is 36.3 Å². The highest BCUT2D eigenvalue weighted by Gasteiger charge is 2.41. The van der Waals surface area contributed by atoms with Crippen LogP contribution in [0.1, 0.15) is 64.5 Å². The molecule has 0 aliphatic carbocycles. The van der Waals surface area contributed by atoms with E-state index in [0.717, 1.165) is 45.2 Å². The molecule has 4 aliphatic heterocycles. The maximum atomic E-state index is 12.7. The lowest BCUT2D eigenvalue weighted by molar-refractivity contribution is -0.138. The standard InChI is InChI=1S/C34H38N4O6/c1-7-19-15(3)23-12-25-17(5)21(9-10-29(39)40)32(37-25)22(11-30(41)42)33-31(34(43)44)18(6)26(38-33)14-28-20(8-2)16(4)24(36-28)13-27(19)35-23/h7,12-14,16-17,21,33,35,38H,1,8-11H2,2-6H3,(H,39,40)(H,41,42)(H,43,44)/b23-12-,26-14-,27-13-,32-22-/t16?,17?,21-,33?/m0/s1. The molecular weight excluding hydrogens is 560 g/mol. The minimum atomic E-state index is -1.16. The number of nitrogens with zero attached hydrogens (tertiary/aromatic N) is 2. The summed E-state index contributed by atoms with van der Waals surface area (Å²) < 4.78 is 0. The van der Waals surface area contributed by atoms with Crippen molar-refractivity contribution >= 4 is 47.6 Å². The zero-order valence-electron chi connectivity index (χ0n) is 25.6. The minimum Gasteiger partial charge on any atom is -0.481 e. The van der Waals surface area contributed by atoms with Crippen LogP contribution in [0.3, 0.4) is 0 Å². The van der Waals surface area contributed by atoms with Gasteiger partial charge in [0.2, 0.25) is 0 Å². The first-order valence-corrected chi connectivity index (χ1v) is 14.9. The summed E-state index contributed by atoms with van der Waals surface area (Å²) in [5, 5.41) is 34.9. The number of aromatic nitrogens is 1. The third-order valence-electron chi connectivity index (χ3n) is 9.35. The van der Waals surface area contributed by atoms with Gasteiger partial charge in [-0.1, -0.05) is 33.4 Å². The Balaban J connectivity index is 1.88. The smallest absolute Gasteiger partial charge is 0.334 e. The molecule has 10 heteroatoms. The molecule has 44 heavy (non-hydrogen) atoms. The number of aliphatic imine (C=N–C) groups is 2. The first kappa shape index (κ1) is 30.7. The summed E-state index contributed by atoms with van der Waals surface area (Å²) in [6.45, 7) is 13.8. The van der Waals surface area contributed by atoms with Crippen molar-refractivity contribution < 1.29 is 29.7 Å². The van der Waals surface area contributed by atoms with Gasteiger partial charge in [-0.05, 0) is 67.2 Å². The number of carbonyl (C=O) groups is 3. The zero-order valence-corrected chi connectivity index (χ0v) is 25.6. The van der Waals surface area contributed by atoms with Gasteiger partial charge in [0.1, 0.15) is 0 Å². The molecule has 0 fully saturated rings. The van der Waals surface area contributed by atoms with Crippen molar-refractivity contribution in [1.29, 1.82) is 0 Å². The normalized spacial score (nSPS) is 28.7. The summed E-state index contributed by atoms with van der Waals surface area (Å²) in [5.41, 5.74) is 7.07. The lowest BCUT2D eigenvalue weighted by Gasteiger charge is -2.23. The van der Waals surface area contributed by atoms with E-state index in [9.17, 15) is 29.7 Å². The molecule has 3 unspecified atom stereocenters. The lowest BCUT2D eigenvalue weighted by Crippen LogP contribution is -2.32. The number of H-pyrrole nitrogens is 1. The van der Waals surface area contributed by atoms with E-state index in [1.165, 1.54) is 0 Å². The van der Waals surface area contributed by atoms with Crippen molar-refractivity contribution in [3.05, 3.63) is 73.9 Å². The van der Waals surface area contributed by atoms with E-state index in [-0.39, 0.29) is 30.3 Å². The second-order valence-electron chi connectivity index (χ2n) is 11.8. The van der Waals surface area contributed by atoms with Crippen LogP contribution in [0, 0.1) is 24.7 Å². The number of aliphatic carboxylic acids is 3. The molecule has 0 radical (unpaired) electrons. The Morgan fingerprint density at radius 3 is 2.30 bits per heavy atom. The van der Waals surface area contributed by atoms with Gasteiger partial charge < -0.3 is 25.6 Å². The highest BCUT2D eigenvalue weighted by atomic mass is 16.4. The van der Waals surface area contributed by atoms with Crippen molar-refractivity contribution in [2.75, 3.05) is 0 Å². The van der Waals surface area contributed by atoms with Crippen LogP contribution in [-0.4, -0.2) is 55.7 Å². The third kappa shape index (κ3) is 5.29. The van der Waals surface area contributed by atoms with E-state index in [2.05, 4.69) is 30.7 Å². The van der Waals surface area contributed by atoms with Crippen LogP contribution in [0.15, 0.2) is 62.0 Å². The number of hydrogen-bond donors (Lipinski definition) is 5. The number of nitrogens with one attached hydrogen (secondary N) is 2. The third-order valence-corrected chi connectivity index (χ3v) is 9.35. The van der Waals surface area contributed by atoms with E-state index in [1.807, 2.05) is 32.1 Å². The molecule has 5 N–H and O–H groups in total. The van der Waals surface area contributed by atoms with Gasteiger partial charge in [-0.25, -0.2) is 4.79 Å². The predicted molar refractivity (Wildman–Crippen MR) is 169 cm³/mol. The Morgan fingerprint density at radius 1 is 0.977 bits per heavy atom. The lowest BCUT2D eigenvalue weighted by atomic mass is 9.82. The van der Waals surface area contributed by atoms with Crippen LogP contribution in [0.25, 0.3) is 18.2 Å². The van der Waals surface area contributed by atoms with Gasteiger partial charge in [-0.2, -0.15) is 0 Å². The monoisotopic (exact) mass is 598 g/mol. The van der Waals surface area contributed by atoms with Crippen LogP contribution in [0.4, 0.5) is 0 Å². The molecule has 0 saturated heterocycles. The topological polar surface area (TPSA) is 164 Å². The summed E-state index contributed by atoms with van der Waals surface area (Å²) in [7, 11) is 0. The number of fused-ring (bicyclic) bond motifs is 6. The summed E-state index contributed by atoms with van der Waals surface area (Å²) in [6, 6.07) is -0.967. The second-order valence-corrected chi connectivity index (χ2v) is 11.8. The predicted octanol–water partition coefficient (Wildman–Crippen LogP) is 3.85. The van der Waals surface area contributed by atoms with Gasteiger partial charge in [0.05, 0.1) is 29.4 Å². The number of hydrogen-bond acceptors (Lipinski definition) is 6. The summed E-state index contributed by atoms with van der Waals surface area (Å²) >= 11 is 0. The molecule has 0 spiro atoms. The molecule has 10 nitrogen and oxygen atoms in total. The van der Waals surface area contributed by atoms with Gasteiger partial charge in [-0.3, -0.25) is 19.6 Å². The Labute approximate surface area is 255 Å². The number of carboxylic acids is 3. The molecule has 0 saturated carbocycles. The molecular formula is C34H38N4O6. The fourth-order valence-electron chi connectivity index (χ4n) is 6.89. The molecule has 5 rings (SSSR count). The summed E-state index contributed by atoms with van der Waals surface area (Å²) in [5.74, 6) is -3.92. The van der Waals surface area contributed by atoms with Gasteiger partial charge in [0.15, 0.2) is 0 Å². The highest BCUT2D eigenvalue weighted by molar-refractivity contribution is 6.15. The van der Waals surface area contributed by atoms with E-state index >= 15 is 0 Å². The average Bonchev–Trinajstić information content (AvgIpc) is 3.63. The zero-order chi connectivity index (χ0) is 32.0. The minimum absolute atomic E-state index is 0.0248. The van der Waals surface area contributed by atoms with Gasteiger partial charge in [-0.15, -0.1) is 0 Å². The van der Waals surface area contributed by atoms with Crippen molar-refractivity contribution in [1.82, 2.24) is 10.3 Å². The summed E-state index contributed by atoms with van der Waals surface area (Å²) in [4.78, 5) is 50.1. The van der Waals surface area contributed by atoms with E-state index in [0.29, 0.717) is 28.3 Å². The Kier molecular flexibility index (Phi) is 8.20. The molecule has 230 valence electrons. The molecule has 4 aliphatic rings. The van der Waals surface area contributed by atoms with Crippen LogP contribution < -0.4 is 16.0 Å². The number of carboxylic acid groups (broad SMARTS) is 3. The first-order valence-electron chi connectivity index (χ1n) is 14.9. The fourth-order valence-corrected chi connectivity index (χ4v) is 6.89. The van der Waals surface area contributed by atoms with Crippen molar-refractivity contribution in [3.63, 3.8) is 0 Å². The average molecular weight is 599 g/mol. The Hall–Kier alpha value is -4.73. The second kappa shape index (κ2) is 11.7. The van der Waals surface area contributed by atoms with E-state index in [4.69, 9.17) is 9.98 Å². The van der Waals surface area contributed by atoms with Crippen LogP contribution in [0.5, 0.6) is 0 Å². The molecule has 4 atom stereocenters. The number of aromatic amines is 1. The molecule has 8 bridgehead atoms. The van der Waals surface area contributed by atoms with Crippen LogP contribution in [-0.2, 0) is 14.4 Å². The quantitative estimate of drug-likeness (QED) is 0.303. The molecule has 0 amide bonds. The maximum absolute atomic E-state index is 12.7.